The molecule has 0 bridgehead atoms. The van der Waals surface area contributed by atoms with E-state index in [-0.39, 0.29) is 11.0 Å². The summed E-state index contributed by atoms with van der Waals surface area (Å²) in [5, 5.41) is 0.714. The number of Topliss-reactive ketones (excluding diaryl/α,β-unsaturated/α-hetero) is 1. The van der Waals surface area contributed by atoms with Gasteiger partial charge in [0, 0.05) is 10.9 Å². The molecule has 0 aliphatic heterocycles. The molecule has 4 heteroatoms. The van der Waals surface area contributed by atoms with E-state index in [1.54, 1.807) is 12.3 Å². The molecule has 1 unspecified atom stereocenters. The molecule has 0 N–H and O–H groups in total. The zero-order valence-corrected chi connectivity index (χ0v) is 10.4. The standard InChI is InChI=1S/C12H12O2S2/c13-12(11(16)4-6-15)9-2-1-8-3-5-14-10(8)7-9/h1-3,5,7,11,15-16H,4,6H2. The number of benzene rings is 1. The van der Waals surface area contributed by atoms with Gasteiger partial charge < -0.3 is 4.42 Å². The number of hydrogen-bond donors (Lipinski definition) is 2. The Bertz CT molecular complexity index is 504. The molecule has 2 rings (SSSR count). The lowest BCUT2D eigenvalue weighted by Crippen LogP contribution is -2.15. The monoisotopic (exact) mass is 252 g/mol. The smallest absolute Gasteiger partial charge is 0.175 e. The average Bonchev–Trinajstić information content (AvgIpc) is 2.75. The molecule has 0 saturated carbocycles. The summed E-state index contributed by atoms with van der Waals surface area (Å²) in [6.45, 7) is 0. The van der Waals surface area contributed by atoms with E-state index in [2.05, 4.69) is 25.3 Å². The van der Waals surface area contributed by atoms with Crippen molar-refractivity contribution in [2.24, 2.45) is 0 Å². The van der Waals surface area contributed by atoms with E-state index in [9.17, 15) is 4.79 Å². The summed E-state index contributed by atoms with van der Waals surface area (Å²) in [7, 11) is 0. The molecule has 1 aromatic heterocycles. The second-order valence-electron chi connectivity index (χ2n) is 3.57. The fourth-order valence-corrected chi connectivity index (χ4v) is 2.29. The quantitative estimate of drug-likeness (QED) is 0.646. The van der Waals surface area contributed by atoms with Crippen LogP contribution in [-0.4, -0.2) is 16.8 Å². The highest BCUT2D eigenvalue weighted by Gasteiger charge is 2.15. The summed E-state index contributed by atoms with van der Waals surface area (Å²) in [4.78, 5) is 11.9. The number of carbonyl (C=O) groups excluding carboxylic acids is 1. The third kappa shape index (κ3) is 2.28. The summed E-state index contributed by atoms with van der Waals surface area (Å²) in [5.74, 6) is 0.679. The normalized spacial score (nSPS) is 12.9. The maximum Gasteiger partial charge on any atom is 0.175 e. The van der Waals surface area contributed by atoms with Gasteiger partial charge in [0.1, 0.15) is 5.58 Å². The Labute approximate surface area is 105 Å². The lowest BCUT2D eigenvalue weighted by Gasteiger charge is -2.07. The number of carbonyl (C=O) groups is 1. The molecule has 1 aromatic carbocycles. The molecule has 0 aliphatic rings. The number of fused-ring (bicyclic) bond motifs is 1. The van der Waals surface area contributed by atoms with E-state index in [1.807, 2.05) is 18.2 Å². The predicted octanol–water partition coefficient (Wildman–Crippen LogP) is 3.23. The van der Waals surface area contributed by atoms with Gasteiger partial charge in [-0.05, 0) is 24.3 Å². The summed E-state index contributed by atoms with van der Waals surface area (Å²) in [6.07, 6.45) is 2.28. The SMILES string of the molecule is O=C(c1ccc2ccoc2c1)C(S)CCS. The Kier molecular flexibility index (Phi) is 3.61. The van der Waals surface area contributed by atoms with Crippen LogP contribution < -0.4 is 0 Å². The van der Waals surface area contributed by atoms with Gasteiger partial charge in [0.2, 0.25) is 0 Å². The van der Waals surface area contributed by atoms with Gasteiger partial charge in [-0.25, -0.2) is 0 Å². The van der Waals surface area contributed by atoms with Gasteiger partial charge in [0.25, 0.3) is 0 Å². The molecule has 2 aromatic rings. The highest BCUT2D eigenvalue weighted by Crippen LogP contribution is 2.19. The van der Waals surface area contributed by atoms with Gasteiger partial charge in [0.15, 0.2) is 5.78 Å². The lowest BCUT2D eigenvalue weighted by molar-refractivity contribution is 0.0989. The van der Waals surface area contributed by atoms with Crippen LogP contribution >= 0.6 is 25.3 Å². The number of thiol groups is 2. The highest BCUT2D eigenvalue weighted by atomic mass is 32.1. The summed E-state index contributed by atoms with van der Waals surface area (Å²) >= 11 is 8.36. The zero-order chi connectivity index (χ0) is 11.5. The predicted molar refractivity (Wildman–Crippen MR) is 71.8 cm³/mol. The van der Waals surface area contributed by atoms with Crippen LogP contribution in [0.25, 0.3) is 11.0 Å². The fraction of sp³-hybridized carbons (Fsp3) is 0.250. The molecule has 1 atom stereocenters. The van der Waals surface area contributed by atoms with Crippen molar-refractivity contribution in [1.82, 2.24) is 0 Å². The van der Waals surface area contributed by atoms with Crippen molar-refractivity contribution in [3.8, 4) is 0 Å². The summed E-state index contributed by atoms with van der Waals surface area (Å²) in [5.41, 5.74) is 1.38. The molecule has 0 radical (unpaired) electrons. The molecule has 0 saturated heterocycles. The van der Waals surface area contributed by atoms with Crippen molar-refractivity contribution in [2.75, 3.05) is 5.75 Å². The van der Waals surface area contributed by atoms with E-state index < -0.39 is 0 Å². The number of furan rings is 1. The maximum absolute atomic E-state index is 11.9. The molecular formula is C12H12O2S2. The van der Waals surface area contributed by atoms with Crippen LogP contribution in [-0.2, 0) is 0 Å². The first-order valence-corrected chi connectivity index (χ1v) is 6.17. The lowest BCUT2D eigenvalue weighted by atomic mass is 10.1. The molecular weight excluding hydrogens is 240 g/mol. The highest BCUT2D eigenvalue weighted by molar-refractivity contribution is 7.82. The van der Waals surface area contributed by atoms with E-state index in [1.165, 1.54) is 0 Å². The van der Waals surface area contributed by atoms with E-state index >= 15 is 0 Å². The maximum atomic E-state index is 11.9. The summed E-state index contributed by atoms with van der Waals surface area (Å²) in [6, 6.07) is 7.32. The van der Waals surface area contributed by atoms with Crippen LogP contribution in [0.15, 0.2) is 34.9 Å². The Balaban J connectivity index is 2.28. The molecule has 0 spiro atoms. The van der Waals surface area contributed by atoms with Gasteiger partial charge in [-0.3, -0.25) is 4.79 Å². The summed E-state index contributed by atoms with van der Waals surface area (Å²) < 4.78 is 5.26. The van der Waals surface area contributed by atoms with Crippen LogP contribution in [0.4, 0.5) is 0 Å². The van der Waals surface area contributed by atoms with Gasteiger partial charge in [-0.2, -0.15) is 25.3 Å². The number of rotatable bonds is 4. The molecule has 0 fully saturated rings. The largest absolute Gasteiger partial charge is 0.464 e. The minimum Gasteiger partial charge on any atom is -0.464 e. The Hall–Kier alpha value is -0.870. The first kappa shape index (κ1) is 11.6. The van der Waals surface area contributed by atoms with Crippen molar-refractivity contribution in [2.45, 2.75) is 11.7 Å². The van der Waals surface area contributed by atoms with Gasteiger partial charge >= 0.3 is 0 Å². The average molecular weight is 252 g/mol. The topological polar surface area (TPSA) is 30.2 Å². The molecule has 84 valence electrons. The van der Waals surface area contributed by atoms with Crippen molar-refractivity contribution >= 4 is 42.0 Å². The number of ketones is 1. The second-order valence-corrected chi connectivity index (χ2v) is 4.64. The van der Waals surface area contributed by atoms with E-state index in [0.717, 1.165) is 11.0 Å². The van der Waals surface area contributed by atoms with Crippen LogP contribution in [0, 0.1) is 0 Å². The minimum atomic E-state index is -0.287. The van der Waals surface area contributed by atoms with Crippen LogP contribution in [0.3, 0.4) is 0 Å². The first-order chi connectivity index (χ1) is 7.72. The van der Waals surface area contributed by atoms with Gasteiger partial charge in [-0.15, -0.1) is 0 Å². The van der Waals surface area contributed by atoms with Crippen molar-refractivity contribution in [1.29, 1.82) is 0 Å². The zero-order valence-electron chi connectivity index (χ0n) is 8.59. The van der Waals surface area contributed by atoms with Crippen LogP contribution in [0.1, 0.15) is 16.8 Å². The Morgan fingerprint density at radius 3 is 2.94 bits per heavy atom. The molecule has 0 amide bonds. The Morgan fingerprint density at radius 2 is 2.19 bits per heavy atom. The van der Waals surface area contributed by atoms with Crippen molar-refractivity contribution in [3.05, 3.63) is 36.1 Å². The Morgan fingerprint density at radius 1 is 1.38 bits per heavy atom. The minimum absolute atomic E-state index is 0.0238. The molecule has 16 heavy (non-hydrogen) atoms. The van der Waals surface area contributed by atoms with E-state index in [4.69, 9.17) is 4.42 Å². The third-order valence-electron chi connectivity index (χ3n) is 2.45. The van der Waals surface area contributed by atoms with Crippen molar-refractivity contribution < 1.29 is 9.21 Å². The van der Waals surface area contributed by atoms with Crippen molar-refractivity contribution in [3.63, 3.8) is 0 Å². The first-order valence-electron chi connectivity index (χ1n) is 5.03. The molecule has 0 aliphatic carbocycles. The van der Waals surface area contributed by atoms with Crippen LogP contribution in [0.5, 0.6) is 0 Å². The van der Waals surface area contributed by atoms with Gasteiger partial charge in [0.05, 0.1) is 11.5 Å². The van der Waals surface area contributed by atoms with E-state index in [0.29, 0.717) is 17.7 Å². The van der Waals surface area contributed by atoms with Gasteiger partial charge in [-0.1, -0.05) is 12.1 Å². The number of hydrogen-bond acceptors (Lipinski definition) is 4. The third-order valence-corrected chi connectivity index (χ3v) is 3.20. The fourth-order valence-electron chi connectivity index (χ4n) is 1.55. The second kappa shape index (κ2) is 4.97. The van der Waals surface area contributed by atoms with Crippen LogP contribution in [0.2, 0.25) is 0 Å². The molecule has 1 heterocycles. The molecule has 2 nitrogen and oxygen atoms in total.